The zero-order valence-corrected chi connectivity index (χ0v) is 31.8. The number of para-hydroxylation sites is 4. The molecule has 0 aliphatic rings. The molecule has 11 aromatic carbocycles. The van der Waals surface area contributed by atoms with Crippen LogP contribution in [0.2, 0.25) is 0 Å². The van der Waals surface area contributed by atoms with Crippen LogP contribution in [-0.2, 0) is 0 Å². The first kappa shape index (κ1) is 33.6. The molecule has 0 atom stereocenters. The molecule has 272 valence electrons. The highest BCUT2D eigenvalue weighted by Crippen LogP contribution is 2.47. The van der Waals surface area contributed by atoms with E-state index in [0.717, 1.165) is 34.1 Å². The first-order chi connectivity index (χ1) is 28.8. The number of rotatable bonds is 8. The second kappa shape index (κ2) is 14.1. The minimum absolute atomic E-state index is 1.12. The molecule has 0 aliphatic carbocycles. The summed E-state index contributed by atoms with van der Waals surface area (Å²) in [5, 5.41) is 10.3. The third-order valence-corrected chi connectivity index (χ3v) is 11.6. The molecule has 0 aromatic heterocycles. The molecule has 0 saturated carbocycles. The van der Waals surface area contributed by atoms with Crippen LogP contribution in [0.5, 0.6) is 0 Å². The van der Waals surface area contributed by atoms with Gasteiger partial charge in [-0.1, -0.05) is 158 Å². The molecule has 0 bridgehead atoms. The maximum absolute atomic E-state index is 2.34. The van der Waals surface area contributed by atoms with Crippen molar-refractivity contribution in [1.82, 2.24) is 0 Å². The normalized spacial score (nSPS) is 11.4. The van der Waals surface area contributed by atoms with Crippen molar-refractivity contribution in [3.8, 4) is 22.3 Å². The Hall–Kier alpha value is -7.68. The molecule has 2 heteroatoms. The lowest BCUT2D eigenvalue weighted by Crippen LogP contribution is -2.09. The molecule has 0 radical (unpaired) electrons. The zero-order chi connectivity index (χ0) is 38.4. The summed E-state index contributed by atoms with van der Waals surface area (Å²) in [5.41, 5.74) is 11.6. The Morgan fingerprint density at radius 2 is 0.569 bits per heavy atom. The first-order valence-corrected chi connectivity index (χ1v) is 19.9. The van der Waals surface area contributed by atoms with E-state index < -0.39 is 0 Å². The van der Waals surface area contributed by atoms with Gasteiger partial charge in [0.15, 0.2) is 0 Å². The fourth-order valence-corrected chi connectivity index (χ4v) is 8.98. The van der Waals surface area contributed by atoms with Gasteiger partial charge in [0.2, 0.25) is 0 Å². The van der Waals surface area contributed by atoms with Gasteiger partial charge in [0.25, 0.3) is 0 Å². The average Bonchev–Trinajstić information content (AvgIpc) is 3.30. The summed E-state index contributed by atoms with van der Waals surface area (Å²) in [5.74, 6) is 0. The van der Waals surface area contributed by atoms with Crippen molar-refractivity contribution < 1.29 is 0 Å². The summed E-state index contributed by atoms with van der Waals surface area (Å²) in [6.07, 6.45) is 0. The molecule has 11 rings (SSSR count). The van der Waals surface area contributed by atoms with E-state index in [1.54, 1.807) is 0 Å². The second-order valence-corrected chi connectivity index (χ2v) is 14.9. The summed E-state index contributed by atoms with van der Waals surface area (Å²) >= 11 is 0. The zero-order valence-electron chi connectivity index (χ0n) is 31.8. The van der Waals surface area contributed by atoms with Gasteiger partial charge >= 0.3 is 0 Å². The summed E-state index contributed by atoms with van der Waals surface area (Å²) in [7, 11) is 0. The molecule has 0 amide bonds. The predicted octanol–water partition coefficient (Wildman–Crippen LogP) is 16.0. The quantitative estimate of drug-likeness (QED) is 0.113. The Kier molecular flexibility index (Phi) is 8.19. The summed E-state index contributed by atoms with van der Waals surface area (Å²) in [4.78, 5) is 4.63. The summed E-state index contributed by atoms with van der Waals surface area (Å²) in [6.45, 7) is 0. The molecular formula is C56H38N2. The largest absolute Gasteiger partial charge is 0.311 e. The molecule has 0 aliphatic heterocycles. The summed E-state index contributed by atoms with van der Waals surface area (Å²) < 4.78 is 0. The van der Waals surface area contributed by atoms with Crippen molar-refractivity contribution in [1.29, 1.82) is 0 Å². The molecule has 0 fully saturated rings. The molecule has 0 heterocycles. The fraction of sp³-hybridized carbons (Fsp3) is 0. The smallest absolute Gasteiger partial charge is 0.0462 e. The Bertz CT molecular complexity index is 3100. The maximum Gasteiger partial charge on any atom is 0.0462 e. The van der Waals surface area contributed by atoms with E-state index in [4.69, 9.17) is 0 Å². The van der Waals surface area contributed by atoms with Gasteiger partial charge < -0.3 is 9.80 Å². The van der Waals surface area contributed by atoms with Crippen molar-refractivity contribution in [2.75, 3.05) is 9.80 Å². The van der Waals surface area contributed by atoms with Crippen LogP contribution in [0.15, 0.2) is 231 Å². The van der Waals surface area contributed by atoms with E-state index in [1.165, 1.54) is 65.3 Å². The lowest BCUT2D eigenvalue weighted by Gasteiger charge is -2.26. The molecule has 58 heavy (non-hydrogen) atoms. The minimum atomic E-state index is 1.12. The highest BCUT2D eigenvalue weighted by atomic mass is 15.1. The average molecular weight is 739 g/mol. The van der Waals surface area contributed by atoms with E-state index in [9.17, 15) is 0 Å². The van der Waals surface area contributed by atoms with Gasteiger partial charge in [-0.3, -0.25) is 0 Å². The first-order valence-electron chi connectivity index (χ1n) is 19.9. The van der Waals surface area contributed by atoms with Crippen LogP contribution in [0.4, 0.5) is 34.1 Å². The number of hydrogen-bond donors (Lipinski definition) is 0. The number of hydrogen-bond acceptors (Lipinski definition) is 2. The third-order valence-electron chi connectivity index (χ3n) is 11.6. The minimum Gasteiger partial charge on any atom is -0.311 e. The van der Waals surface area contributed by atoms with Gasteiger partial charge in [-0.15, -0.1) is 0 Å². The highest BCUT2D eigenvalue weighted by Gasteiger charge is 2.20. The van der Waals surface area contributed by atoms with Gasteiger partial charge in [0, 0.05) is 34.1 Å². The van der Waals surface area contributed by atoms with Gasteiger partial charge in [0.05, 0.1) is 0 Å². The van der Waals surface area contributed by atoms with E-state index in [1.807, 2.05) is 0 Å². The molecule has 0 saturated heterocycles. The van der Waals surface area contributed by atoms with Crippen LogP contribution in [0.1, 0.15) is 0 Å². The lowest BCUT2D eigenvalue weighted by atomic mass is 9.84. The Morgan fingerprint density at radius 3 is 1.07 bits per heavy atom. The van der Waals surface area contributed by atoms with Gasteiger partial charge in [-0.05, 0) is 138 Å². The summed E-state index contributed by atoms with van der Waals surface area (Å²) in [6, 6.07) is 83.4. The Labute approximate surface area is 338 Å². The SMILES string of the molecule is c1ccc(N(c2ccccc2)c2ccc(-c3ccc4c5ccccc5c5c(-c6ccc(N(c7ccccc7)c7ccccc7)cc6)ccc6ccc3c4c65)cc2)cc1. The Morgan fingerprint density at radius 1 is 0.207 bits per heavy atom. The number of fused-ring (bicyclic) bond motifs is 3. The standard InChI is InChI=1S/C56H38N2/c1-5-15-42(16-6-1)57(43-17-7-2-8-18-43)46-31-25-39(26-32-46)48-37-38-53-50-23-13-14-24-51(50)55-49(35-29-41-30-36-52(48)56(53)54(41)55)40-27-33-47(34-28-40)58(44-19-9-3-10-20-44)45-21-11-4-12-22-45/h1-38H. The van der Waals surface area contributed by atoms with Crippen molar-refractivity contribution in [3.63, 3.8) is 0 Å². The number of nitrogens with zero attached hydrogens (tertiary/aromatic N) is 2. The topological polar surface area (TPSA) is 6.48 Å². The van der Waals surface area contributed by atoms with Crippen LogP contribution in [0.3, 0.4) is 0 Å². The van der Waals surface area contributed by atoms with E-state index in [2.05, 4.69) is 240 Å². The molecule has 0 spiro atoms. The van der Waals surface area contributed by atoms with Crippen molar-refractivity contribution >= 4 is 77.2 Å². The molecule has 0 unspecified atom stereocenters. The van der Waals surface area contributed by atoms with Crippen molar-refractivity contribution in [3.05, 3.63) is 231 Å². The number of anilines is 6. The van der Waals surface area contributed by atoms with E-state index in [-0.39, 0.29) is 0 Å². The van der Waals surface area contributed by atoms with Crippen molar-refractivity contribution in [2.24, 2.45) is 0 Å². The van der Waals surface area contributed by atoms with Crippen LogP contribution in [0.25, 0.3) is 65.3 Å². The highest BCUT2D eigenvalue weighted by molar-refractivity contribution is 6.37. The van der Waals surface area contributed by atoms with Crippen LogP contribution in [-0.4, -0.2) is 0 Å². The van der Waals surface area contributed by atoms with Gasteiger partial charge in [-0.2, -0.15) is 0 Å². The van der Waals surface area contributed by atoms with E-state index in [0.29, 0.717) is 0 Å². The van der Waals surface area contributed by atoms with Crippen LogP contribution < -0.4 is 9.80 Å². The van der Waals surface area contributed by atoms with Crippen LogP contribution >= 0.6 is 0 Å². The lowest BCUT2D eigenvalue weighted by molar-refractivity contribution is 1.28. The van der Waals surface area contributed by atoms with Gasteiger partial charge in [-0.25, -0.2) is 0 Å². The Balaban J connectivity index is 1.06. The van der Waals surface area contributed by atoms with Gasteiger partial charge in [0.1, 0.15) is 0 Å². The van der Waals surface area contributed by atoms with Crippen molar-refractivity contribution in [2.45, 2.75) is 0 Å². The molecule has 11 aromatic rings. The predicted molar refractivity (Wildman–Crippen MR) is 248 cm³/mol. The fourth-order valence-electron chi connectivity index (χ4n) is 8.98. The molecular weight excluding hydrogens is 701 g/mol. The maximum atomic E-state index is 2.34. The van der Waals surface area contributed by atoms with E-state index >= 15 is 0 Å². The van der Waals surface area contributed by atoms with Crippen LogP contribution in [0, 0.1) is 0 Å². The second-order valence-electron chi connectivity index (χ2n) is 14.9. The third kappa shape index (κ3) is 5.66. The monoisotopic (exact) mass is 738 g/mol. The molecule has 0 N–H and O–H groups in total. The molecule has 2 nitrogen and oxygen atoms in total. The number of benzene rings is 11.